The van der Waals surface area contributed by atoms with Gasteiger partial charge in [0.15, 0.2) is 0 Å². The molecule has 0 bridgehead atoms. The molecule has 0 saturated carbocycles. The second-order valence-corrected chi connectivity index (χ2v) is 6.91. The summed E-state index contributed by atoms with van der Waals surface area (Å²) in [7, 11) is 0. The van der Waals surface area contributed by atoms with Crippen LogP contribution in [0.5, 0.6) is 0 Å². The second-order valence-electron chi connectivity index (χ2n) is 5.62. The summed E-state index contributed by atoms with van der Waals surface area (Å²) in [4.78, 5) is 14.5. The summed E-state index contributed by atoms with van der Waals surface area (Å²) >= 11 is 9.33. The van der Waals surface area contributed by atoms with Gasteiger partial charge in [-0.1, -0.05) is 39.3 Å². The van der Waals surface area contributed by atoms with Crippen LogP contribution in [0.4, 0.5) is 0 Å². The van der Waals surface area contributed by atoms with Gasteiger partial charge in [-0.15, -0.1) is 0 Å². The lowest BCUT2D eigenvalue weighted by atomic mass is 10.1. The molecule has 19 heavy (non-hydrogen) atoms. The normalized spacial score (nSPS) is 11.2. The van der Waals surface area contributed by atoms with Crippen LogP contribution in [0.25, 0.3) is 0 Å². The molecule has 0 unspecified atom stereocenters. The SMILES string of the molecule is CC(C)CN(CC(C)C)C(=O)c1ccc(Cl)cc1Br. The highest BCUT2D eigenvalue weighted by Crippen LogP contribution is 2.23. The number of rotatable bonds is 5. The third-order valence-electron chi connectivity index (χ3n) is 2.62. The van der Waals surface area contributed by atoms with E-state index < -0.39 is 0 Å². The largest absolute Gasteiger partial charge is 0.338 e. The topological polar surface area (TPSA) is 20.3 Å². The van der Waals surface area contributed by atoms with E-state index in [1.807, 2.05) is 4.90 Å². The van der Waals surface area contributed by atoms with Crippen molar-refractivity contribution in [3.63, 3.8) is 0 Å². The van der Waals surface area contributed by atoms with Crippen molar-refractivity contribution in [3.8, 4) is 0 Å². The van der Waals surface area contributed by atoms with E-state index in [-0.39, 0.29) is 5.91 Å². The molecular weight excluding hydrogens is 326 g/mol. The van der Waals surface area contributed by atoms with Crippen molar-refractivity contribution in [2.45, 2.75) is 27.7 Å². The molecular formula is C15H21BrClNO. The van der Waals surface area contributed by atoms with E-state index in [0.717, 1.165) is 17.6 Å². The Hall–Kier alpha value is -0.540. The van der Waals surface area contributed by atoms with Crippen molar-refractivity contribution in [2.24, 2.45) is 11.8 Å². The average Bonchev–Trinajstić information content (AvgIpc) is 2.26. The van der Waals surface area contributed by atoms with Crippen LogP contribution in [0, 0.1) is 11.8 Å². The Morgan fingerprint density at radius 1 is 1.21 bits per heavy atom. The lowest BCUT2D eigenvalue weighted by Gasteiger charge is -2.27. The smallest absolute Gasteiger partial charge is 0.255 e. The van der Waals surface area contributed by atoms with Crippen molar-refractivity contribution in [1.29, 1.82) is 0 Å². The maximum atomic E-state index is 12.6. The molecule has 0 fully saturated rings. The van der Waals surface area contributed by atoms with Crippen LogP contribution in [0.3, 0.4) is 0 Å². The number of carbonyl (C=O) groups excluding carboxylic acids is 1. The monoisotopic (exact) mass is 345 g/mol. The number of hydrogen-bond donors (Lipinski definition) is 0. The van der Waals surface area contributed by atoms with Crippen molar-refractivity contribution in [2.75, 3.05) is 13.1 Å². The van der Waals surface area contributed by atoms with E-state index in [1.54, 1.807) is 18.2 Å². The first-order chi connectivity index (χ1) is 8.81. The van der Waals surface area contributed by atoms with Crippen LogP contribution in [0.1, 0.15) is 38.1 Å². The third-order valence-corrected chi connectivity index (χ3v) is 3.51. The fourth-order valence-corrected chi connectivity index (χ4v) is 2.81. The molecule has 106 valence electrons. The van der Waals surface area contributed by atoms with Crippen LogP contribution in [0.2, 0.25) is 5.02 Å². The van der Waals surface area contributed by atoms with E-state index in [2.05, 4.69) is 43.6 Å². The Bertz CT molecular complexity index is 436. The fourth-order valence-electron chi connectivity index (χ4n) is 1.96. The molecule has 0 saturated heterocycles. The first kappa shape index (κ1) is 16.5. The molecule has 0 atom stereocenters. The summed E-state index contributed by atoms with van der Waals surface area (Å²) in [6.07, 6.45) is 0. The lowest BCUT2D eigenvalue weighted by molar-refractivity contribution is 0.0714. The van der Waals surface area contributed by atoms with Gasteiger partial charge in [-0.25, -0.2) is 0 Å². The van der Waals surface area contributed by atoms with Crippen LogP contribution >= 0.6 is 27.5 Å². The minimum Gasteiger partial charge on any atom is -0.338 e. The molecule has 1 amide bonds. The number of halogens is 2. The molecule has 1 aromatic rings. The van der Waals surface area contributed by atoms with Gasteiger partial charge in [0.2, 0.25) is 0 Å². The van der Waals surface area contributed by atoms with E-state index in [0.29, 0.717) is 22.4 Å². The number of carbonyl (C=O) groups is 1. The average molecular weight is 347 g/mol. The lowest BCUT2D eigenvalue weighted by Crippen LogP contribution is -2.37. The Morgan fingerprint density at radius 3 is 2.16 bits per heavy atom. The molecule has 0 aliphatic rings. The van der Waals surface area contributed by atoms with Crippen molar-refractivity contribution in [3.05, 3.63) is 33.3 Å². The number of benzene rings is 1. The van der Waals surface area contributed by atoms with E-state index in [1.165, 1.54) is 0 Å². The maximum Gasteiger partial charge on any atom is 0.255 e. The van der Waals surface area contributed by atoms with Crippen molar-refractivity contribution >= 4 is 33.4 Å². The highest BCUT2D eigenvalue weighted by atomic mass is 79.9. The summed E-state index contributed by atoms with van der Waals surface area (Å²) in [5.41, 5.74) is 0.672. The Balaban J connectivity index is 2.97. The summed E-state index contributed by atoms with van der Waals surface area (Å²) in [5.74, 6) is 0.966. The molecule has 4 heteroatoms. The first-order valence-electron chi connectivity index (χ1n) is 6.55. The third kappa shape index (κ3) is 5.15. The van der Waals surface area contributed by atoms with Gasteiger partial charge < -0.3 is 4.90 Å². The number of amides is 1. The zero-order valence-electron chi connectivity index (χ0n) is 11.9. The maximum absolute atomic E-state index is 12.6. The first-order valence-corrected chi connectivity index (χ1v) is 7.72. The minimum absolute atomic E-state index is 0.0611. The van der Waals surface area contributed by atoms with Crippen LogP contribution < -0.4 is 0 Å². The van der Waals surface area contributed by atoms with Gasteiger partial charge in [-0.05, 0) is 46.0 Å². The van der Waals surface area contributed by atoms with Crippen LogP contribution in [-0.2, 0) is 0 Å². The molecule has 0 spiro atoms. The molecule has 0 radical (unpaired) electrons. The zero-order valence-corrected chi connectivity index (χ0v) is 14.3. The highest BCUT2D eigenvalue weighted by Gasteiger charge is 2.20. The predicted molar refractivity (Wildman–Crippen MR) is 84.7 cm³/mol. The fraction of sp³-hybridized carbons (Fsp3) is 0.533. The number of nitrogens with zero attached hydrogens (tertiary/aromatic N) is 1. The summed E-state index contributed by atoms with van der Waals surface area (Å²) < 4.78 is 0.752. The summed E-state index contributed by atoms with van der Waals surface area (Å²) in [6, 6.07) is 5.29. The molecule has 0 aromatic heterocycles. The predicted octanol–water partition coefficient (Wildman–Crippen LogP) is 4.86. The molecule has 1 rings (SSSR count). The summed E-state index contributed by atoms with van der Waals surface area (Å²) in [6.45, 7) is 10.0. The van der Waals surface area contributed by atoms with Crippen LogP contribution in [-0.4, -0.2) is 23.9 Å². The van der Waals surface area contributed by atoms with Gasteiger partial charge >= 0.3 is 0 Å². The Labute approximate surface area is 129 Å². The number of hydrogen-bond acceptors (Lipinski definition) is 1. The Morgan fingerprint density at radius 2 is 1.74 bits per heavy atom. The van der Waals surface area contributed by atoms with Gasteiger partial charge in [-0.3, -0.25) is 4.79 Å². The molecule has 1 aromatic carbocycles. The quantitative estimate of drug-likeness (QED) is 0.746. The van der Waals surface area contributed by atoms with Crippen molar-refractivity contribution in [1.82, 2.24) is 4.90 Å². The second kappa shape index (κ2) is 7.30. The minimum atomic E-state index is 0.0611. The highest BCUT2D eigenvalue weighted by molar-refractivity contribution is 9.10. The molecule has 0 aliphatic carbocycles. The van der Waals surface area contributed by atoms with Gasteiger partial charge in [-0.2, -0.15) is 0 Å². The van der Waals surface area contributed by atoms with E-state index >= 15 is 0 Å². The zero-order chi connectivity index (χ0) is 14.6. The van der Waals surface area contributed by atoms with Gasteiger partial charge in [0.05, 0.1) is 5.56 Å². The van der Waals surface area contributed by atoms with E-state index in [4.69, 9.17) is 11.6 Å². The van der Waals surface area contributed by atoms with Crippen LogP contribution in [0.15, 0.2) is 22.7 Å². The molecule has 0 N–H and O–H groups in total. The standard InChI is InChI=1S/C15H21BrClNO/c1-10(2)8-18(9-11(3)4)15(19)13-6-5-12(17)7-14(13)16/h5-7,10-11H,8-9H2,1-4H3. The summed E-state index contributed by atoms with van der Waals surface area (Å²) in [5, 5.41) is 0.627. The molecule has 0 heterocycles. The van der Waals surface area contributed by atoms with Crippen molar-refractivity contribution < 1.29 is 4.79 Å². The Kier molecular flexibility index (Phi) is 6.34. The van der Waals surface area contributed by atoms with Gasteiger partial charge in [0, 0.05) is 22.6 Å². The van der Waals surface area contributed by atoms with E-state index in [9.17, 15) is 4.79 Å². The van der Waals surface area contributed by atoms with Gasteiger partial charge in [0.1, 0.15) is 0 Å². The van der Waals surface area contributed by atoms with Gasteiger partial charge in [0.25, 0.3) is 5.91 Å². The molecule has 2 nitrogen and oxygen atoms in total. The molecule has 0 aliphatic heterocycles.